The van der Waals surface area contributed by atoms with Crippen molar-refractivity contribution in [1.29, 1.82) is 0 Å². The van der Waals surface area contributed by atoms with Crippen LogP contribution in [0.3, 0.4) is 0 Å². The molecule has 0 spiro atoms. The summed E-state index contributed by atoms with van der Waals surface area (Å²) in [4.78, 5) is 1.97. The van der Waals surface area contributed by atoms with E-state index in [2.05, 4.69) is 6.08 Å². The van der Waals surface area contributed by atoms with E-state index < -0.39 is 0 Å². The summed E-state index contributed by atoms with van der Waals surface area (Å²) >= 11 is 0. The van der Waals surface area contributed by atoms with Crippen LogP contribution in [0.2, 0.25) is 0 Å². The van der Waals surface area contributed by atoms with E-state index >= 15 is 0 Å². The van der Waals surface area contributed by atoms with Gasteiger partial charge in [0.15, 0.2) is 0 Å². The van der Waals surface area contributed by atoms with E-state index in [1.807, 2.05) is 19.0 Å². The molecular formula is C7H13NO. The molecule has 0 aromatic carbocycles. The van der Waals surface area contributed by atoms with Gasteiger partial charge in [-0.3, -0.25) is 0 Å². The van der Waals surface area contributed by atoms with Crippen molar-refractivity contribution >= 4 is 0 Å². The molecule has 2 heteroatoms. The van der Waals surface area contributed by atoms with Crippen molar-refractivity contribution in [3.8, 4) is 0 Å². The van der Waals surface area contributed by atoms with Gasteiger partial charge in [0.2, 0.25) is 0 Å². The maximum absolute atomic E-state index is 9.25. The van der Waals surface area contributed by atoms with Gasteiger partial charge in [0, 0.05) is 19.8 Å². The molecule has 1 aliphatic carbocycles. The monoisotopic (exact) mass is 127 g/mol. The zero-order valence-electron chi connectivity index (χ0n) is 5.96. The molecule has 1 atom stereocenters. The lowest BCUT2D eigenvalue weighted by molar-refractivity contribution is 0.183. The molecule has 1 rings (SSSR count). The molecule has 9 heavy (non-hydrogen) atoms. The molecule has 0 saturated heterocycles. The molecule has 0 amide bonds. The molecule has 0 aromatic rings. The van der Waals surface area contributed by atoms with Crippen molar-refractivity contribution in [1.82, 2.24) is 4.90 Å². The Bertz CT molecular complexity index is 129. The normalized spacial score (nSPS) is 26.1. The Morgan fingerprint density at radius 1 is 1.67 bits per heavy atom. The van der Waals surface area contributed by atoms with E-state index in [0.29, 0.717) is 0 Å². The molecule has 2 nitrogen and oxygen atoms in total. The quantitative estimate of drug-likeness (QED) is 0.557. The number of aliphatic hydroxyl groups excluding tert-OH is 1. The molecule has 52 valence electrons. The maximum atomic E-state index is 9.25. The number of likely N-dealkylation sites (N-methyl/N-ethyl adjacent to an activating group) is 1. The summed E-state index contributed by atoms with van der Waals surface area (Å²) in [5, 5.41) is 9.25. The fourth-order valence-electron chi connectivity index (χ4n) is 1.15. The Kier molecular flexibility index (Phi) is 1.76. The molecular weight excluding hydrogens is 114 g/mol. The molecule has 1 aliphatic rings. The minimum Gasteiger partial charge on any atom is -0.387 e. The second-order valence-corrected chi connectivity index (χ2v) is 2.62. The molecule has 0 aliphatic heterocycles. The van der Waals surface area contributed by atoms with Crippen LogP contribution in [0.5, 0.6) is 0 Å². The summed E-state index contributed by atoms with van der Waals surface area (Å²) in [6.07, 6.45) is 3.80. The fourth-order valence-corrected chi connectivity index (χ4v) is 1.15. The molecule has 0 bridgehead atoms. The van der Waals surface area contributed by atoms with Crippen molar-refractivity contribution in [3.05, 3.63) is 11.8 Å². The minimum absolute atomic E-state index is 0.208. The van der Waals surface area contributed by atoms with E-state index in [1.54, 1.807) is 0 Å². The Morgan fingerprint density at radius 3 is 2.56 bits per heavy atom. The van der Waals surface area contributed by atoms with E-state index in [0.717, 1.165) is 18.5 Å². The maximum Gasteiger partial charge on any atom is 0.0935 e. The predicted octanol–water partition coefficient (Wildman–Crippen LogP) is 0.587. The van der Waals surface area contributed by atoms with Crippen LogP contribution < -0.4 is 0 Å². The van der Waals surface area contributed by atoms with Gasteiger partial charge in [-0.25, -0.2) is 0 Å². The van der Waals surface area contributed by atoms with E-state index in [4.69, 9.17) is 0 Å². The summed E-state index contributed by atoms with van der Waals surface area (Å²) in [5.74, 6) is 0. The Morgan fingerprint density at radius 2 is 2.33 bits per heavy atom. The number of hydrogen-bond acceptors (Lipinski definition) is 2. The average Bonchev–Trinajstić information content (AvgIpc) is 2.13. The van der Waals surface area contributed by atoms with Gasteiger partial charge in [0.25, 0.3) is 0 Å². The van der Waals surface area contributed by atoms with Crippen LogP contribution in [-0.4, -0.2) is 30.2 Å². The van der Waals surface area contributed by atoms with Crippen LogP contribution in [-0.2, 0) is 0 Å². The zero-order chi connectivity index (χ0) is 6.85. The van der Waals surface area contributed by atoms with Gasteiger partial charge >= 0.3 is 0 Å². The number of aliphatic hydroxyl groups is 1. The van der Waals surface area contributed by atoms with E-state index in [-0.39, 0.29) is 6.10 Å². The second kappa shape index (κ2) is 2.40. The highest BCUT2D eigenvalue weighted by Gasteiger charge is 2.16. The van der Waals surface area contributed by atoms with Gasteiger partial charge in [-0.2, -0.15) is 0 Å². The Balaban J connectivity index is 2.57. The van der Waals surface area contributed by atoms with Crippen LogP contribution in [0, 0.1) is 0 Å². The van der Waals surface area contributed by atoms with Crippen LogP contribution in [0.15, 0.2) is 11.8 Å². The third kappa shape index (κ3) is 1.24. The Labute approximate surface area is 55.8 Å². The van der Waals surface area contributed by atoms with Gasteiger partial charge in [-0.1, -0.05) is 6.08 Å². The standard InChI is InChI=1S/C7H13NO/c1-8(2)6-4-3-5-7(6)9/h4,7,9H,3,5H2,1-2H3. The van der Waals surface area contributed by atoms with E-state index in [9.17, 15) is 5.11 Å². The first-order valence-corrected chi connectivity index (χ1v) is 3.27. The van der Waals surface area contributed by atoms with Crippen molar-refractivity contribution in [2.24, 2.45) is 0 Å². The lowest BCUT2D eigenvalue weighted by atomic mass is 10.3. The molecule has 1 unspecified atom stereocenters. The number of nitrogens with zero attached hydrogens (tertiary/aromatic N) is 1. The third-order valence-corrected chi connectivity index (χ3v) is 1.65. The largest absolute Gasteiger partial charge is 0.387 e. The van der Waals surface area contributed by atoms with Crippen molar-refractivity contribution in [2.75, 3.05) is 14.1 Å². The minimum atomic E-state index is -0.208. The third-order valence-electron chi connectivity index (χ3n) is 1.65. The van der Waals surface area contributed by atoms with E-state index in [1.165, 1.54) is 0 Å². The summed E-state index contributed by atoms with van der Waals surface area (Å²) in [6.45, 7) is 0. The molecule has 0 aromatic heterocycles. The first-order chi connectivity index (χ1) is 4.22. The van der Waals surface area contributed by atoms with Crippen LogP contribution >= 0.6 is 0 Å². The SMILES string of the molecule is CN(C)C1=CCCC1O. The second-order valence-electron chi connectivity index (χ2n) is 2.62. The van der Waals surface area contributed by atoms with Crippen LogP contribution in [0.25, 0.3) is 0 Å². The predicted molar refractivity (Wildman–Crippen MR) is 37.0 cm³/mol. The number of rotatable bonds is 1. The zero-order valence-corrected chi connectivity index (χ0v) is 5.96. The highest BCUT2D eigenvalue weighted by molar-refractivity contribution is 5.11. The molecule has 0 radical (unpaired) electrons. The number of allylic oxidation sites excluding steroid dienone is 1. The number of hydrogen-bond donors (Lipinski definition) is 1. The highest BCUT2D eigenvalue weighted by Crippen LogP contribution is 2.19. The summed E-state index contributed by atoms with van der Waals surface area (Å²) in [7, 11) is 3.92. The molecule has 0 saturated carbocycles. The van der Waals surface area contributed by atoms with Gasteiger partial charge in [0.05, 0.1) is 6.10 Å². The summed E-state index contributed by atoms with van der Waals surface area (Å²) in [5.41, 5.74) is 1.06. The van der Waals surface area contributed by atoms with Gasteiger partial charge in [-0.05, 0) is 12.8 Å². The van der Waals surface area contributed by atoms with Crippen molar-refractivity contribution in [2.45, 2.75) is 18.9 Å². The first-order valence-electron chi connectivity index (χ1n) is 3.27. The Hall–Kier alpha value is -0.500. The topological polar surface area (TPSA) is 23.5 Å². The highest BCUT2D eigenvalue weighted by atomic mass is 16.3. The van der Waals surface area contributed by atoms with Crippen LogP contribution in [0.1, 0.15) is 12.8 Å². The lowest BCUT2D eigenvalue weighted by Crippen LogP contribution is -2.19. The molecule has 0 fully saturated rings. The smallest absolute Gasteiger partial charge is 0.0935 e. The molecule has 1 N–H and O–H groups in total. The van der Waals surface area contributed by atoms with Crippen molar-refractivity contribution < 1.29 is 5.11 Å². The van der Waals surface area contributed by atoms with Gasteiger partial charge < -0.3 is 10.0 Å². The van der Waals surface area contributed by atoms with Crippen molar-refractivity contribution in [3.63, 3.8) is 0 Å². The molecule has 0 heterocycles. The lowest BCUT2D eigenvalue weighted by Gasteiger charge is -2.17. The van der Waals surface area contributed by atoms with Crippen LogP contribution in [0.4, 0.5) is 0 Å². The van der Waals surface area contributed by atoms with Gasteiger partial charge in [0.1, 0.15) is 0 Å². The summed E-state index contributed by atoms with van der Waals surface area (Å²) in [6, 6.07) is 0. The average molecular weight is 127 g/mol. The summed E-state index contributed by atoms with van der Waals surface area (Å²) < 4.78 is 0. The first kappa shape index (κ1) is 6.62. The fraction of sp³-hybridized carbons (Fsp3) is 0.714. The van der Waals surface area contributed by atoms with Gasteiger partial charge in [-0.15, -0.1) is 0 Å².